The van der Waals surface area contributed by atoms with Crippen LogP contribution in [0.2, 0.25) is 0 Å². The fraction of sp³-hybridized carbons (Fsp3) is 0.143. The Kier molecular flexibility index (Phi) is 4.13. The van der Waals surface area contributed by atoms with Crippen molar-refractivity contribution in [2.45, 2.75) is 13.5 Å². The molecule has 0 aliphatic heterocycles. The molecule has 2 heterocycles. The van der Waals surface area contributed by atoms with Crippen molar-refractivity contribution in [3.05, 3.63) is 45.9 Å². The maximum atomic E-state index is 13.9. The second-order valence-corrected chi connectivity index (χ2v) is 5.99. The molecular weight excluding hydrogens is 319 g/mol. The number of aryl methyl sites for hydroxylation is 1. The van der Waals surface area contributed by atoms with Crippen LogP contribution in [0, 0.1) is 12.7 Å². The monoisotopic (exact) mass is 332 g/mol. The highest BCUT2D eigenvalue weighted by Gasteiger charge is 2.16. The van der Waals surface area contributed by atoms with E-state index < -0.39 is 5.82 Å². The highest BCUT2D eigenvalue weighted by atomic mass is 32.1. The van der Waals surface area contributed by atoms with E-state index >= 15 is 0 Å². The van der Waals surface area contributed by atoms with Crippen molar-refractivity contribution in [1.29, 1.82) is 0 Å². The molecule has 23 heavy (non-hydrogen) atoms. The molecule has 0 unspecified atom stereocenters. The van der Waals surface area contributed by atoms with Crippen LogP contribution in [0.25, 0.3) is 11.4 Å². The van der Waals surface area contributed by atoms with Gasteiger partial charge in [0.15, 0.2) is 5.82 Å². The van der Waals surface area contributed by atoms with E-state index in [4.69, 9.17) is 5.73 Å². The van der Waals surface area contributed by atoms with E-state index in [-0.39, 0.29) is 23.8 Å². The van der Waals surface area contributed by atoms with Crippen LogP contribution in [0.3, 0.4) is 0 Å². The van der Waals surface area contributed by atoms with E-state index in [1.54, 1.807) is 6.92 Å². The molecule has 0 bridgehead atoms. The quantitative estimate of drug-likeness (QED) is 0.677. The van der Waals surface area contributed by atoms with Gasteiger partial charge >= 0.3 is 0 Å². The van der Waals surface area contributed by atoms with Crippen LogP contribution in [0.5, 0.6) is 0 Å². The number of rotatable bonds is 4. The van der Waals surface area contributed by atoms with Crippen molar-refractivity contribution < 1.29 is 9.18 Å². The number of aromatic amines is 1. The molecule has 118 valence electrons. The van der Waals surface area contributed by atoms with E-state index in [0.717, 1.165) is 4.88 Å². The van der Waals surface area contributed by atoms with Crippen LogP contribution in [0.15, 0.2) is 24.5 Å². The summed E-state index contributed by atoms with van der Waals surface area (Å²) in [6, 6.07) is 4.21. The number of nitrogens with one attached hydrogen (secondary N) is 2. The van der Waals surface area contributed by atoms with Gasteiger partial charge in [-0.3, -0.25) is 9.89 Å². The molecule has 9 heteroatoms. The highest BCUT2D eigenvalue weighted by molar-refractivity contribution is 7.11. The second kappa shape index (κ2) is 6.23. The number of nitrogens with two attached hydrogens (primary N) is 1. The van der Waals surface area contributed by atoms with Crippen molar-refractivity contribution >= 4 is 22.9 Å². The summed E-state index contributed by atoms with van der Waals surface area (Å²) in [6.45, 7) is 2.08. The fourth-order valence-electron chi connectivity index (χ4n) is 2.06. The molecule has 0 radical (unpaired) electrons. The van der Waals surface area contributed by atoms with Crippen LogP contribution in [0.1, 0.15) is 20.4 Å². The van der Waals surface area contributed by atoms with E-state index in [2.05, 4.69) is 25.5 Å². The van der Waals surface area contributed by atoms with Crippen molar-refractivity contribution in [2.24, 2.45) is 5.73 Å². The zero-order chi connectivity index (χ0) is 16.4. The molecular formula is C14H13FN6OS. The predicted molar refractivity (Wildman–Crippen MR) is 84.5 cm³/mol. The van der Waals surface area contributed by atoms with E-state index in [1.807, 2.05) is 0 Å². The molecule has 0 aliphatic carbocycles. The van der Waals surface area contributed by atoms with Gasteiger partial charge in [-0.05, 0) is 25.1 Å². The molecule has 3 aromatic rings. The lowest BCUT2D eigenvalue weighted by Crippen LogP contribution is -2.14. The summed E-state index contributed by atoms with van der Waals surface area (Å²) in [6.07, 6.45) is 1.28. The number of thiazole rings is 1. The standard InChI is InChI=1S/C14H13FN6OS/c1-7-12(20-11(5-16)23-7)14(22)19-8-2-3-10(15)9(4-8)13-17-6-18-21-13/h2-4,6H,5,16H2,1H3,(H,19,22)(H,17,18,21). The Hall–Kier alpha value is -2.65. The lowest BCUT2D eigenvalue weighted by atomic mass is 10.1. The number of nitrogens with zero attached hydrogens (tertiary/aromatic N) is 3. The van der Waals surface area contributed by atoms with Gasteiger partial charge in [0.05, 0.1) is 5.56 Å². The smallest absolute Gasteiger partial charge is 0.275 e. The van der Waals surface area contributed by atoms with Gasteiger partial charge in [-0.2, -0.15) is 5.10 Å². The summed E-state index contributed by atoms with van der Waals surface area (Å²) in [5.41, 5.74) is 6.51. The van der Waals surface area contributed by atoms with Gasteiger partial charge in [-0.25, -0.2) is 14.4 Å². The molecule has 1 amide bonds. The average molecular weight is 332 g/mol. The number of anilines is 1. The van der Waals surface area contributed by atoms with Crippen LogP contribution < -0.4 is 11.1 Å². The summed E-state index contributed by atoms with van der Waals surface area (Å²) in [4.78, 5) is 21.2. The van der Waals surface area contributed by atoms with Crippen LogP contribution in [-0.2, 0) is 6.54 Å². The number of halogens is 1. The molecule has 0 aliphatic rings. The summed E-state index contributed by atoms with van der Waals surface area (Å²) in [5.74, 6) is -0.544. The molecule has 0 atom stereocenters. The van der Waals surface area contributed by atoms with Crippen molar-refractivity contribution in [1.82, 2.24) is 20.2 Å². The molecule has 0 saturated carbocycles. The first-order chi connectivity index (χ1) is 11.1. The Balaban J connectivity index is 1.87. The highest BCUT2D eigenvalue weighted by Crippen LogP contribution is 2.24. The van der Waals surface area contributed by atoms with Crippen LogP contribution in [-0.4, -0.2) is 26.1 Å². The zero-order valence-electron chi connectivity index (χ0n) is 12.1. The number of hydrogen-bond acceptors (Lipinski definition) is 6. The van der Waals surface area contributed by atoms with Crippen LogP contribution >= 0.6 is 11.3 Å². The SMILES string of the molecule is Cc1sc(CN)nc1C(=O)Nc1ccc(F)c(-c2ncn[nH]2)c1. The van der Waals surface area contributed by atoms with E-state index in [0.29, 0.717) is 16.4 Å². The normalized spacial score (nSPS) is 10.7. The summed E-state index contributed by atoms with van der Waals surface area (Å²) >= 11 is 1.38. The Morgan fingerprint density at radius 2 is 2.30 bits per heavy atom. The first-order valence-electron chi connectivity index (χ1n) is 6.71. The average Bonchev–Trinajstić information content (AvgIpc) is 3.18. The van der Waals surface area contributed by atoms with Gasteiger partial charge in [-0.15, -0.1) is 11.3 Å². The Labute approximate surface area is 134 Å². The number of carbonyl (C=O) groups excluding carboxylic acids is 1. The van der Waals surface area contributed by atoms with Gasteiger partial charge in [-0.1, -0.05) is 0 Å². The van der Waals surface area contributed by atoms with Gasteiger partial charge in [0, 0.05) is 17.1 Å². The molecule has 1 aromatic carbocycles. The van der Waals surface area contributed by atoms with Gasteiger partial charge in [0.2, 0.25) is 0 Å². The first-order valence-corrected chi connectivity index (χ1v) is 7.53. The lowest BCUT2D eigenvalue weighted by Gasteiger charge is -2.06. The van der Waals surface area contributed by atoms with E-state index in [9.17, 15) is 9.18 Å². The van der Waals surface area contributed by atoms with Gasteiger partial charge in [0.25, 0.3) is 5.91 Å². The Morgan fingerprint density at radius 1 is 1.48 bits per heavy atom. The maximum Gasteiger partial charge on any atom is 0.275 e. The van der Waals surface area contributed by atoms with Crippen molar-refractivity contribution in [3.63, 3.8) is 0 Å². The lowest BCUT2D eigenvalue weighted by molar-refractivity contribution is 0.102. The Morgan fingerprint density at radius 3 is 2.96 bits per heavy atom. The van der Waals surface area contributed by atoms with Gasteiger partial charge < -0.3 is 11.1 Å². The summed E-state index contributed by atoms with van der Waals surface area (Å²) in [5, 5.41) is 9.67. The minimum Gasteiger partial charge on any atom is -0.325 e. The second-order valence-electron chi connectivity index (χ2n) is 4.70. The minimum atomic E-state index is -0.463. The Bertz CT molecular complexity index is 845. The number of aromatic nitrogens is 4. The molecule has 7 nitrogen and oxygen atoms in total. The van der Waals surface area contributed by atoms with Crippen molar-refractivity contribution in [2.75, 3.05) is 5.32 Å². The molecule has 0 fully saturated rings. The minimum absolute atomic E-state index is 0.220. The molecule has 0 spiro atoms. The maximum absolute atomic E-state index is 13.9. The molecule has 3 rings (SSSR count). The zero-order valence-corrected chi connectivity index (χ0v) is 12.9. The molecule has 0 saturated heterocycles. The third-order valence-corrected chi connectivity index (χ3v) is 4.12. The van der Waals surface area contributed by atoms with Gasteiger partial charge in [0.1, 0.15) is 22.8 Å². The number of carbonyl (C=O) groups is 1. The third-order valence-electron chi connectivity index (χ3n) is 3.12. The van der Waals surface area contributed by atoms with Crippen molar-refractivity contribution in [3.8, 4) is 11.4 Å². The molecule has 2 aromatic heterocycles. The van der Waals surface area contributed by atoms with Crippen LogP contribution in [0.4, 0.5) is 10.1 Å². The number of H-pyrrole nitrogens is 1. The third kappa shape index (κ3) is 3.10. The summed E-state index contributed by atoms with van der Waals surface area (Å²) < 4.78 is 13.9. The summed E-state index contributed by atoms with van der Waals surface area (Å²) in [7, 11) is 0. The fourth-order valence-corrected chi connectivity index (χ4v) is 2.87. The molecule has 4 N–H and O–H groups in total. The first kappa shape index (κ1) is 15.3. The largest absolute Gasteiger partial charge is 0.325 e. The number of hydrogen-bond donors (Lipinski definition) is 3. The van der Waals surface area contributed by atoms with E-state index in [1.165, 1.54) is 35.9 Å². The number of benzene rings is 1. The number of amides is 1. The topological polar surface area (TPSA) is 110 Å². The predicted octanol–water partition coefficient (Wildman–Crippen LogP) is 2.09.